The molecule has 0 aromatic carbocycles. The van der Waals surface area contributed by atoms with Gasteiger partial charge in [0, 0.05) is 6.07 Å². The van der Waals surface area contributed by atoms with Crippen LogP contribution in [0.5, 0.6) is 5.75 Å². The van der Waals surface area contributed by atoms with Crippen LogP contribution in [0.15, 0.2) is 15.3 Å². The number of hydrogen-bond donors (Lipinski definition) is 1. The average Bonchev–Trinajstić information content (AvgIpc) is 1.99. The molecule has 80 valence electrons. The number of carbonyl (C=O) groups excluding carboxylic acids is 2. The molecule has 0 atom stereocenters. The third-order valence-electron chi connectivity index (χ3n) is 1.74. The van der Waals surface area contributed by atoms with Crippen molar-refractivity contribution in [3.8, 4) is 5.75 Å². The first-order valence-corrected chi connectivity index (χ1v) is 4.28. The van der Waals surface area contributed by atoms with E-state index in [0.717, 1.165) is 6.07 Å². The molecule has 5 heteroatoms. The van der Waals surface area contributed by atoms with E-state index in [-0.39, 0.29) is 11.5 Å². The van der Waals surface area contributed by atoms with Gasteiger partial charge in [-0.2, -0.15) is 0 Å². The summed E-state index contributed by atoms with van der Waals surface area (Å²) in [4.78, 5) is 33.3. The Balaban J connectivity index is 3.20. The average molecular weight is 210 g/mol. The van der Waals surface area contributed by atoms with Gasteiger partial charge in [-0.15, -0.1) is 0 Å². The summed E-state index contributed by atoms with van der Waals surface area (Å²) in [6.45, 7) is 2.70. The molecule has 0 amide bonds. The van der Waals surface area contributed by atoms with Crippen molar-refractivity contribution in [3.63, 3.8) is 0 Å². The van der Waals surface area contributed by atoms with E-state index in [4.69, 9.17) is 0 Å². The maximum absolute atomic E-state index is 11.4. The van der Waals surface area contributed by atoms with Gasteiger partial charge in [-0.25, -0.2) is 4.79 Å². The Labute approximate surface area is 85.3 Å². The first-order valence-electron chi connectivity index (χ1n) is 4.28. The highest BCUT2D eigenvalue weighted by molar-refractivity contribution is 6.08. The van der Waals surface area contributed by atoms with Crippen LogP contribution in [0.25, 0.3) is 0 Å². The highest BCUT2D eigenvalue weighted by Gasteiger charge is 2.19. The van der Waals surface area contributed by atoms with Crippen molar-refractivity contribution in [3.05, 3.63) is 27.8 Å². The van der Waals surface area contributed by atoms with E-state index >= 15 is 0 Å². The standard InChI is InChI=1S/C10H10O5/c1-5(11)3-7(12)9-8(13)4-6(2)15-10(9)14/h4,13H,3H2,1-2H3. The van der Waals surface area contributed by atoms with E-state index in [1.165, 1.54) is 13.8 Å². The predicted octanol–water partition coefficient (Wildman–Crippen LogP) is 0.816. The monoisotopic (exact) mass is 210 g/mol. The molecule has 0 unspecified atom stereocenters. The van der Waals surface area contributed by atoms with Crippen LogP contribution in [0.1, 0.15) is 29.5 Å². The van der Waals surface area contributed by atoms with Gasteiger partial charge in [-0.3, -0.25) is 9.59 Å². The molecular weight excluding hydrogens is 200 g/mol. The molecule has 0 aliphatic heterocycles. The molecule has 1 rings (SSSR count). The number of aryl methyl sites for hydroxylation is 1. The van der Waals surface area contributed by atoms with E-state index in [1.807, 2.05) is 0 Å². The van der Waals surface area contributed by atoms with Crippen molar-refractivity contribution in [1.29, 1.82) is 0 Å². The number of rotatable bonds is 3. The van der Waals surface area contributed by atoms with Crippen LogP contribution in [-0.2, 0) is 4.79 Å². The van der Waals surface area contributed by atoms with Crippen molar-refractivity contribution in [2.24, 2.45) is 0 Å². The summed E-state index contributed by atoms with van der Waals surface area (Å²) in [5, 5.41) is 9.36. The summed E-state index contributed by atoms with van der Waals surface area (Å²) in [6, 6.07) is 1.16. The van der Waals surface area contributed by atoms with Gasteiger partial charge in [0.05, 0.1) is 6.42 Å². The molecule has 5 nitrogen and oxygen atoms in total. The second-order valence-electron chi connectivity index (χ2n) is 3.21. The number of hydrogen-bond acceptors (Lipinski definition) is 5. The van der Waals surface area contributed by atoms with Gasteiger partial charge >= 0.3 is 5.63 Å². The van der Waals surface area contributed by atoms with E-state index < -0.39 is 29.1 Å². The summed E-state index contributed by atoms with van der Waals surface area (Å²) in [5.41, 5.74) is -1.38. The lowest BCUT2D eigenvalue weighted by Gasteiger charge is -2.01. The highest BCUT2D eigenvalue weighted by Crippen LogP contribution is 2.16. The Morgan fingerprint density at radius 2 is 2.07 bits per heavy atom. The van der Waals surface area contributed by atoms with Gasteiger partial charge in [0.1, 0.15) is 22.9 Å². The fourth-order valence-electron chi connectivity index (χ4n) is 1.17. The fraction of sp³-hybridized carbons (Fsp3) is 0.300. The molecule has 0 saturated heterocycles. The van der Waals surface area contributed by atoms with Gasteiger partial charge < -0.3 is 9.52 Å². The van der Waals surface area contributed by atoms with Gasteiger partial charge in [0.25, 0.3) is 0 Å². The van der Waals surface area contributed by atoms with Crippen LogP contribution in [-0.4, -0.2) is 16.7 Å². The van der Waals surface area contributed by atoms with E-state index in [9.17, 15) is 19.5 Å². The first kappa shape index (κ1) is 11.2. The normalized spacial score (nSPS) is 10.0. The van der Waals surface area contributed by atoms with Gasteiger partial charge in [-0.05, 0) is 13.8 Å². The summed E-state index contributed by atoms with van der Waals surface area (Å²) < 4.78 is 4.64. The van der Waals surface area contributed by atoms with Crippen molar-refractivity contribution in [2.75, 3.05) is 0 Å². The van der Waals surface area contributed by atoms with Crippen molar-refractivity contribution < 1.29 is 19.1 Å². The Hall–Kier alpha value is -1.91. The second kappa shape index (κ2) is 4.08. The quantitative estimate of drug-likeness (QED) is 0.589. The van der Waals surface area contributed by atoms with E-state index in [0.29, 0.717) is 0 Å². The third-order valence-corrected chi connectivity index (χ3v) is 1.74. The zero-order valence-corrected chi connectivity index (χ0v) is 8.36. The van der Waals surface area contributed by atoms with Gasteiger partial charge in [-0.1, -0.05) is 0 Å². The zero-order valence-electron chi connectivity index (χ0n) is 8.36. The van der Waals surface area contributed by atoms with Crippen molar-refractivity contribution in [2.45, 2.75) is 20.3 Å². The maximum atomic E-state index is 11.4. The molecule has 0 fully saturated rings. The van der Waals surface area contributed by atoms with E-state index in [1.54, 1.807) is 0 Å². The minimum Gasteiger partial charge on any atom is -0.507 e. The van der Waals surface area contributed by atoms with Crippen LogP contribution in [0, 0.1) is 6.92 Å². The van der Waals surface area contributed by atoms with Crippen LogP contribution < -0.4 is 5.63 Å². The fourth-order valence-corrected chi connectivity index (χ4v) is 1.17. The number of Topliss-reactive ketones (excluding diaryl/α,β-unsaturated/α-hetero) is 2. The van der Waals surface area contributed by atoms with Crippen LogP contribution in [0.3, 0.4) is 0 Å². The zero-order chi connectivity index (χ0) is 11.6. The number of carbonyl (C=O) groups is 2. The van der Waals surface area contributed by atoms with Crippen molar-refractivity contribution >= 4 is 11.6 Å². The smallest absolute Gasteiger partial charge is 0.350 e. The molecule has 15 heavy (non-hydrogen) atoms. The molecule has 0 radical (unpaired) electrons. The Kier molecular flexibility index (Phi) is 3.04. The Morgan fingerprint density at radius 1 is 1.47 bits per heavy atom. The molecule has 1 aromatic heterocycles. The number of aromatic hydroxyl groups is 1. The number of ketones is 2. The molecule has 0 aliphatic rings. The SMILES string of the molecule is CC(=O)CC(=O)c1c(O)cc(C)oc1=O. The lowest BCUT2D eigenvalue weighted by atomic mass is 10.1. The largest absolute Gasteiger partial charge is 0.507 e. The summed E-state index contributed by atoms with van der Waals surface area (Å²) in [6.07, 6.45) is -0.415. The van der Waals surface area contributed by atoms with Crippen LogP contribution in [0.2, 0.25) is 0 Å². The topological polar surface area (TPSA) is 84.6 Å². The molecule has 1 heterocycles. The van der Waals surface area contributed by atoms with E-state index in [2.05, 4.69) is 4.42 Å². The van der Waals surface area contributed by atoms with Crippen LogP contribution >= 0.6 is 0 Å². The molecule has 0 spiro atoms. The predicted molar refractivity (Wildman–Crippen MR) is 51.0 cm³/mol. The van der Waals surface area contributed by atoms with Gasteiger partial charge in [0.2, 0.25) is 0 Å². The molecular formula is C10H10O5. The second-order valence-corrected chi connectivity index (χ2v) is 3.21. The minimum atomic E-state index is -0.918. The maximum Gasteiger partial charge on any atom is 0.350 e. The summed E-state index contributed by atoms with van der Waals surface area (Å²) in [7, 11) is 0. The Morgan fingerprint density at radius 3 is 2.53 bits per heavy atom. The molecule has 0 aliphatic carbocycles. The van der Waals surface area contributed by atoms with Gasteiger partial charge in [0.15, 0.2) is 5.78 Å². The Bertz CT molecular complexity index is 469. The molecule has 1 aromatic rings. The van der Waals surface area contributed by atoms with Crippen molar-refractivity contribution in [1.82, 2.24) is 0 Å². The third kappa shape index (κ3) is 2.52. The lowest BCUT2D eigenvalue weighted by molar-refractivity contribution is -0.116. The summed E-state index contributed by atoms with van der Waals surface area (Å²) in [5.74, 6) is -1.35. The molecule has 0 saturated carbocycles. The minimum absolute atomic E-state index is 0.205. The molecule has 1 N–H and O–H groups in total. The van der Waals surface area contributed by atoms with Crippen LogP contribution in [0.4, 0.5) is 0 Å². The highest BCUT2D eigenvalue weighted by atomic mass is 16.4. The molecule has 0 bridgehead atoms. The first-order chi connectivity index (χ1) is 6.91. The lowest BCUT2D eigenvalue weighted by Crippen LogP contribution is -2.16. The summed E-state index contributed by atoms with van der Waals surface area (Å²) >= 11 is 0.